The number of benzene rings is 2. The van der Waals surface area contributed by atoms with Crippen LogP contribution in [0.2, 0.25) is 0 Å². The molecule has 3 saturated heterocycles. The Kier molecular flexibility index (Phi) is 7.60. The molecule has 0 spiro atoms. The van der Waals surface area contributed by atoms with Gasteiger partial charge in [0.05, 0.1) is 24.3 Å². The number of likely N-dealkylation sites (N-methyl/N-ethyl adjacent to an activating group) is 1. The van der Waals surface area contributed by atoms with Crippen LogP contribution in [0.25, 0.3) is 10.8 Å². The van der Waals surface area contributed by atoms with Crippen LogP contribution in [-0.2, 0) is 17.7 Å². The summed E-state index contributed by atoms with van der Waals surface area (Å²) in [4.78, 5) is 30.6. The molecule has 1 aromatic heterocycles. The van der Waals surface area contributed by atoms with E-state index in [4.69, 9.17) is 24.2 Å². The van der Waals surface area contributed by atoms with Crippen LogP contribution in [0, 0.1) is 0 Å². The van der Waals surface area contributed by atoms with Crippen molar-refractivity contribution in [3.8, 4) is 11.8 Å². The smallest absolute Gasteiger partial charge is 0.407 e. The fourth-order valence-electron chi connectivity index (χ4n) is 7.40. The van der Waals surface area contributed by atoms with E-state index in [0.717, 1.165) is 78.1 Å². The summed E-state index contributed by atoms with van der Waals surface area (Å²) in [7, 11) is 3.77. The molecule has 0 unspecified atom stereocenters. The minimum Gasteiger partial charge on any atom is -0.467 e. The zero-order valence-corrected chi connectivity index (χ0v) is 24.9. The van der Waals surface area contributed by atoms with Gasteiger partial charge in [0.15, 0.2) is 6.79 Å². The molecule has 0 saturated carbocycles. The number of ether oxygens (including phenoxy) is 3. The Morgan fingerprint density at radius 1 is 1.02 bits per heavy atom. The summed E-state index contributed by atoms with van der Waals surface area (Å²) in [5.41, 5.74) is 3.20. The molecule has 43 heavy (non-hydrogen) atoms. The average molecular weight is 589 g/mol. The molecule has 228 valence electrons. The van der Waals surface area contributed by atoms with Crippen molar-refractivity contribution in [2.45, 2.75) is 56.8 Å². The summed E-state index contributed by atoms with van der Waals surface area (Å²) in [5.74, 6) is 1.67. The van der Waals surface area contributed by atoms with Gasteiger partial charge >= 0.3 is 12.1 Å². The largest absolute Gasteiger partial charge is 0.467 e. The Morgan fingerprint density at radius 3 is 2.58 bits per heavy atom. The number of likely N-dealkylation sites (tertiary alicyclic amines) is 1. The van der Waals surface area contributed by atoms with Crippen molar-refractivity contribution in [3.05, 3.63) is 47.7 Å². The van der Waals surface area contributed by atoms with Gasteiger partial charge < -0.3 is 34.0 Å². The second-order valence-corrected chi connectivity index (χ2v) is 12.2. The van der Waals surface area contributed by atoms with Crippen LogP contribution in [-0.4, -0.2) is 103 Å². The summed E-state index contributed by atoms with van der Waals surface area (Å²) in [6.45, 7) is 4.52. The molecule has 11 heteroatoms. The molecule has 0 aliphatic carbocycles. The van der Waals surface area contributed by atoms with Gasteiger partial charge in [-0.1, -0.05) is 24.3 Å². The lowest BCUT2D eigenvalue weighted by Gasteiger charge is -2.41. The van der Waals surface area contributed by atoms with E-state index in [2.05, 4.69) is 46.0 Å². The number of aromatic nitrogens is 2. The van der Waals surface area contributed by atoms with E-state index in [1.807, 2.05) is 12.1 Å². The third kappa shape index (κ3) is 5.40. The number of amides is 1. The van der Waals surface area contributed by atoms with E-state index in [1.165, 1.54) is 6.42 Å². The lowest BCUT2D eigenvalue weighted by Crippen LogP contribution is -2.56. The number of carboxylic acid groups (broad SMARTS) is 1. The molecule has 2 bridgehead atoms. The number of carbonyl (C=O) groups is 1. The summed E-state index contributed by atoms with van der Waals surface area (Å²) >= 11 is 0. The maximum Gasteiger partial charge on any atom is 0.407 e. The van der Waals surface area contributed by atoms with Crippen molar-refractivity contribution < 1.29 is 24.1 Å². The van der Waals surface area contributed by atoms with Crippen molar-refractivity contribution in [1.82, 2.24) is 19.8 Å². The highest BCUT2D eigenvalue weighted by Crippen LogP contribution is 2.39. The van der Waals surface area contributed by atoms with Gasteiger partial charge in [0.1, 0.15) is 18.2 Å². The first-order chi connectivity index (χ1) is 21.0. The van der Waals surface area contributed by atoms with Crippen LogP contribution in [0.3, 0.4) is 0 Å². The molecule has 4 aliphatic heterocycles. The third-order valence-corrected chi connectivity index (χ3v) is 9.60. The number of anilines is 2. The zero-order valence-electron chi connectivity index (χ0n) is 24.9. The lowest BCUT2D eigenvalue weighted by atomic mass is 10.0. The minimum absolute atomic E-state index is 0.0142. The minimum atomic E-state index is -0.818. The lowest BCUT2D eigenvalue weighted by molar-refractivity contribution is 0.0512. The Hall–Kier alpha value is -3.83. The van der Waals surface area contributed by atoms with Gasteiger partial charge in [0.2, 0.25) is 0 Å². The normalized spacial score (nSPS) is 23.6. The Morgan fingerprint density at radius 2 is 1.84 bits per heavy atom. The van der Waals surface area contributed by atoms with Gasteiger partial charge in [0, 0.05) is 55.5 Å². The summed E-state index contributed by atoms with van der Waals surface area (Å²) in [6, 6.07) is 13.2. The number of rotatable bonds is 8. The number of fused-ring (bicyclic) bond motifs is 4. The Labute approximate surface area is 251 Å². The topological polar surface area (TPSA) is 104 Å². The standard InChI is InChI=1S/C32H40N6O5/c1-35-12-5-7-24(35)19-42-31-33-28-18-36(29-15-25(43-20-41-2)14-21-6-3-4-8-26(21)29)13-11-27(28)30(34-31)37-16-22-9-10-23(17-37)38(22)32(39)40/h3-4,6,8,14-15,22-24H,5,7,9-13,16-20H2,1-2H3,(H,39,40)/t22-,23+,24-/m0/s1. The molecule has 4 aliphatic rings. The monoisotopic (exact) mass is 588 g/mol. The van der Waals surface area contributed by atoms with Crippen LogP contribution in [0.5, 0.6) is 11.8 Å². The molecule has 1 N–H and O–H groups in total. The maximum atomic E-state index is 12.0. The summed E-state index contributed by atoms with van der Waals surface area (Å²) in [6.07, 6.45) is 4.02. The van der Waals surface area contributed by atoms with E-state index < -0.39 is 6.09 Å². The van der Waals surface area contributed by atoms with Gasteiger partial charge in [-0.05, 0) is 57.1 Å². The quantitative estimate of drug-likeness (QED) is 0.389. The molecule has 3 atom stereocenters. The molecule has 3 fully saturated rings. The van der Waals surface area contributed by atoms with Crippen molar-refractivity contribution in [2.24, 2.45) is 0 Å². The SMILES string of the molecule is COCOc1cc(N2CCc3c(nc(OC[C@@H]4CCCN4C)nc3N3C[C@H]4CC[C@@H](C3)N4C(=O)O)C2)c2ccccc2c1. The predicted molar refractivity (Wildman–Crippen MR) is 163 cm³/mol. The molecule has 5 heterocycles. The van der Waals surface area contributed by atoms with Gasteiger partial charge in [0.25, 0.3) is 0 Å². The maximum absolute atomic E-state index is 12.0. The molecule has 11 nitrogen and oxygen atoms in total. The van der Waals surface area contributed by atoms with Gasteiger partial charge in [-0.2, -0.15) is 9.97 Å². The van der Waals surface area contributed by atoms with Crippen molar-refractivity contribution in [2.75, 3.05) is 63.5 Å². The van der Waals surface area contributed by atoms with Gasteiger partial charge in [-0.3, -0.25) is 4.90 Å². The first-order valence-electron chi connectivity index (χ1n) is 15.4. The second-order valence-electron chi connectivity index (χ2n) is 12.2. The van der Waals surface area contributed by atoms with Crippen LogP contribution in [0.15, 0.2) is 36.4 Å². The third-order valence-electron chi connectivity index (χ3n) is 9.60. The van der Waals surface area contributed by atoms with Gasteiger partial charge in [-0.15, -0.1) is 0 Å². The Bertz CT molecular complexity index is 1490. The first-order valence-corrected chi connectivity index (χ1v) is 15.4. The van der Waals surface area contributed by atoms with Crippen molar-refractivity contribution in [1.29, 1.82) is 0 Å². The highest BCUT2D eigenvalue weighted by atomic mass is 16.7. The Balaban J connectivity index is 1.22. The number of methoxy groups -OCH3 is 1. The molecule has 1 amide bonds. The molecule has 2 aromatic carbocycles. The van der Waals surface area contributed by atoms with E-state index in [-0.39, 0.29) is 18.9 Å². The van der Waals surface area contributed by atoms with Crippen molar-refractivity contribution >= 4 is 28.4 Å². The molecular formula is C32H40N6O5. The molecular weight excluding hydrogens is 548 g/mol. The van der Waals surface area contributed by atoms with Crippen molar-refractivity contribution in [3.63, 3.8) is 0 Å². The van der Waals surface area contributed by atoms with E-state index in [0.29, 0.717) is 38.3 Å². The molecule has 7 rings (SSSR count). The van der Waals surface area contributed by atoms with Gasteiger partial charge in [-0.25, -0.2) is 4.79 Å². The van der Waals surface area contributed by atoms with Crippen LogP contribution >= 0.6 is 0 Å². The average Bonchev–Trinajstić information content (AvgIpc) is 3.56. The van der Waals surface area contributed by atoms with Crippen LogP contribution in [0.4, 0.5) is 16.3 Å². The fourth-order valence-corrected chi connectivity index (χ4v) is 7.40. The number of piperazine rings is 1. The molecule has 3 aromatic rings. The number of nitrogens with zero attached hydrogens (tertiary/aromatic N) is 6. The molecule has 0 radical (unpaired) electrons. The van der Waals surface area contributed by atoms with Crippen LogP contribution < -0.4 is 19.3 Å². The summed E-state index contributed by atoms with van der Waals surface area (Å²) < 4.78 is 17.4. The highest BCUT2D eigenvalue weighted by molar-refractivity contribution is 5.95. The highest BCUT2D eigenvalue weighted by Gasteiger charge is 2.44. The second kappa shape index (κ2) is 11.7. The zero-order chi connectivity index (χ0) is 29.5. The predicted octanol–water partition coefficient (Wildman–Crippen LogP) is 3.98. The van der Waals surface area contributed by atoms with E-state index >= 15 is 0 Å². The number of hydrogen-bond donors (Lipinski definition) is 1. The fraction of sp³-hybridized carbons (Fsp3) is 0.531. The van der Waals surface area contributed by atoms with E-state index in [1.54, 1.807) is 12.0 Å². The number of hydrogen-bond acceptors (Lipinski definition) is 9. The van der Waals surface area contributed by atoms with Crippen LogP contribution in [0.1, 0.15) is 36.9 Å². The summed E-state index contributed by atoms with van der Waals surface area (Å²) in [5, 5.41) is 12.1. The first kappa shape index (κ1) is 28.0. The van der Waals surface area contributed by atoms with E-state index in [9.17, 15) is 9.90 Å².